The van der Waals surface area contributed by atoms with Crippen LogP contribution in [0, 0.1) is 0 Å². The predicted molar refractivity (Wildman–Crippen MR) is 109 cm³/mol. The number of amides is 1. The van der Waals surface area contributed by atoms with Gasteiger partial charge >= 0.3 is 5.97 Å². The van der Waals surface area contributed by atoms with Crippen molar-refractivity contribution in [1.29, 1.82) is 0 Å². The van der Waals surface area contributed by atoms with Crippen LogP contribution in [0.4, 0.5) is 0 Å². The standard InChI is InChI=1S/C22H23NO4S/c1-3-27-22(25)21-19(28-18-7-5-4-6-8-18)13-14-20(24)23(21)15-16-9-11-17(26-2)12-10-16/h4-12H,3,13-15H2,1-2H3. The summed E-state index contributed by atoms with van der Waals surface area (Å²) in [7, 11) is 1.61. The van der Waals surface area contributed by atoms with E-state index >= 15 is 0 Å². The van der Waals surface area contributed by atoms with E-state index in [0.717, 1.165) is 21.1 Å². The van der Waals surface area contributed by atoms with Gasteiger partial charge in [-0.05, 0) is 43.2 Å². The summed E-state index contributed by atoms with van der Waals surface area (Å²) in [5.74, 6) is 0.217. The molecule has 0 unspecified atom stereocenters. The SMILES string of the molecule is CCOC(=O)C1=C(Sc2ccccc2)CCC(=O)N1Cc1ccc(OC)cc1. The second-order valence-corrected chi connectivity index (χ2v) is 7.40. The Hall–Kier alpha value is -2.73. The Morgan fingerprint density at radius 3 is 2.43 bits per heavy atom. The maximum Gasteiger partial charge on any atom is 0.355 e. The number of methoxy groups -OCH3 is 1. The second kappa shape index (κ2) is 9.46. The number of rotatable bonds is 7. The number of nitrogens with zero attached hydrogens (tertiary/aromatic N) is 1. The summed E-state index contributed by atoms with van der Waals surface area (Å²) in [5, 5.41) is 0. The largest absolute Gasteiger partial charge is 0.497 e. The van der Waals surface area contributed by atoms with Crippen LogP contribution in [0.2, 0.25) is 0 Å². The molecule has 1 aliphatic rings. The highest BCUT2D eigenvalue weighted by atomic mass is 32.2. The zero-order valence-corrected chi connectivity index (χ0v) is 16.8. The van der Waals surface area contributed by atoms with Gasteiger partial charge in [0.2, 0.25) is 5.91 Å². The van der Waals surface area contributed by atoms with Gasteiger partial charge in [-0.15, -0.1) is 0 Å². The molecular formula is C22H23NO4S. The monoisotopic (exact) mass is 397 g/mol. The van der Waals surface area contributed by atoms with Gasteiger partial charge in [0, 0.05) is 16.2 Å². The van der Waals surface area contributed by atoms with Gasteiger partial charge in [0.15, 0.2) is 0 Å². The number of allylic oxidation sites excluding steroid dienone is 1. The molecule has 5 nitrogen and oxygen atoms in total. The van der Waals surface area contributed by atoms with Crippen molar-refractivity contribution in [3.63, 3.8) is 0 Å². The van der Waals surface area contributed by atoms with Crippen LogP contribution >= 0.6 is 11.8 Å². The fraction of sp³-hybridized carbons (Fsp3) is 0.273. The first-order valence-corrected chi connectivity index (χ1v) is 10.0. The minimum atomic E-state index is -0.456. The molecule has 28 heavy (non-hydrogen) atoms. The molecule has 0 fully saturated rings. The molecule has 1 aliphatic heterocycles. The van der Waals surface area contributed by atoms with Crippen LogP contribution in [0.25, 0.3) is 0 Å². The van der Waals surface area contributed by atoms with Crippen molar-refractivity contribution in [3.05, 3.63) is 70.8 Å². The summed E-state index contributed by atoms with van der Waals surface area (Å²) in [4.78, 5) is 28.9. The van der Waals surface area contributed by atoms with Crippen LogP contribution in [0.5, 0.6) is 5.75 Å². The van der Waals surface area contributed by atoms with E-state index in [0.29, 0.717) is 25.1 Å². The molecule has 2 aromatic rings. The lowest BCUT2D eigenvalue weighted by Crippen LogP contribution is -2.37. The van der Waals surface area contributed by atoms with Crippen LogP contribution in [0.1, 0.15) is 25.3 Å². The lowest BCUT2D eigenvalue weighted by Gasteiger charge is -2.30. The highest BCUT2D eigenvalue weighted by Crippen LogP contribution is 2.37. The number of hydrogen-bond acceptors (Lipinski definition) is 5. The van der Waals surface area contributed by atoms with Crippen molar-refractivity contribution in [2.75, 3.05) is 13.7 Å². The average molecular weight is 397 g/mol. The summed E-state index contributed by atoms with van der Waals surface area (Å²) in [6.45, 7) is 2.34. The summed E-state index contributed by atoms with van der Waals surface area (Å²) >= 11 is 1.51. The normalized spacial score (nSPS) is 14.2. The summed E-state index contributed by atoms with van der Waals surface area (Å²) in [6.07, 6.45) is 0.903. The molecule has 146 valence electrons. The van der Waals surface area contributed by atoms with Crippen LogP contribution < -0.4 is 4.74 Å². The van der Waals surface area contributed by atoms with Crippen molar-refractivity contribution >= 4 is 23.6 Å². The Morgan fingerprint density at radius 1 is 1.07 bits per heavy atom. The molecule has 0 spiro atoms. The van der Waals surface area contributed by atoms with E-state index in [2.05, 4.69) is 0 Å². The molecular weight excluding hydrogens is 374 g/mol. The van der Waals surface area contributed by atoms with Crippen molar-refractivity contribution in [2.24, 2.45) is 0 Å². The molecule has 1 amide bonds. The van der Waals surface area contributed by atoms with Gasteiger partial charge in [0.1, 0.15) is 11.4 Å². The number of esters is 1. The Balaban J connectivity index is 1.94. The Labute approximate surface area is 169 Å². The molecule has 0 radical (unpaired) electrons. The number of ether oxygens (including phenoxy) is 2. The molecule has 0 N–H and O–H groups in total. The van der Waals surface area contributed by atoms with E-state index in [9.17, 15) is 9.59 Å². The third-order valence-corrected chi connectivity index (χ3v) is 5.51. The van der Waals surface area contributed by atoms with Gasteiger partial charge in [-0.3, -0.25) is 4.79 Å². The molecule has 0 bridgehead atoms. The Morgan fingerprint density at radius 2 is 1.79 bits per heavy atom. The van der Waals surface area contributed by atoms with Crippen LogP contribution in [0.3, 0.4) is 0 Å². The molecule has 0 aliphatic carbocycles. The maximum absolute atomic E-state index is 12.7. The van der Waals surface area contributed by atoms with Crippen molar-refractivity contribution in [3.8, 4) is 5.75 Å². The van der Waals surface area contributed by atoms with E-state index in [-0.39, 0.29) is 12.5 Å². The van der Waals surface area contributed by atoms with Gasteiger partial charge in [-0.1, -0.05) is 42.1 Å². The number of carbonyl (C=O) groups is 2. The minimum absolute atomic E-state index is 0.0729. The van der Waals surface area contributed by atoms with Gasteiger partial charge < -0.3 is 14.4 Å². The molecule has 6 heteroatoms. The fourth-order valence-electron chi connectivity index (χ4n) is 2.98. The fourth-order valence-corrected chi connectivity index (χ4v) is 4.06. The first kappa shape index (κ1) is 20.0. The number of hydrogen-bond donors (Lipinski definition) is 0. The van der Waals surface area contributed by atoms with E-state index in [1.165, 1.54) is 11.8 Å². The average Bonchev–Trinajstić information content (AvgIpc) is 2.72. The number of carbonyl (C=O) groups excluding carboxylic acids is 2. The molecule has 0 saturated carbocycles. The zero-order chi connectivity index (χ0) is 19.9. The summed E-state index contributed by atoms with van der Waals surface area (Å²) in [5.41, 5.74) is 1.27. The molecule has 0 saturated heterocycles. The van der Waals surface area contributed by atoms with E-state index in [4.69, 9.17) is 9.47 Å². The van der Waals surface area contributed by atoms with Crippen molar-refractivity contribution in [1.82, 2.24) is 4.90 Å². The highest BCUT2D eigenvalue weighted by molar-refractivity contribution is 8.03. The predicted octanol–water partition coefficient (Wildman–Crippen LogP) is 4.38. The number of benzene rings is 2. The third-order valence-electron chi connectivity index (χ3n) is 4.35. The lowest BCUT2D eigenvalue weighted by molar-refractivity contribution is -0.145. The van der Waals surface area contributed by atoms with Crippen LogP contribution in [0.15, 0.2) is 70.1 Å². The van der Waals surface area contributed by atoms with Gasteiger partial charge in [-0.2, -0.15) is 0 Å². The van der Waals surface area contributed by atoms with E-state index < -0.39 is 5.97 Å². The molecule has 0 aromatic heterocycles. The van der Waals surface area contributed by atoms with Crippen LogP contribution in [-0.4, -0.2) is 30.5 Å². The Kier molecular flexibility index (Phi) is 6.76. The zero-order valence-electron chi connectivity index (χ0n) is 16.0. The second-order valence-electron chi connectivity index (χ2n) is 6.24. The minimum Gasteiger partial charge on any atom is -0.497 e. The van der Waals surface area contributed by atoms with Crippen molar-refractivity contribution < 1.29 is 19.1 Å². The van der Waals surface area contributed by atoms with Crippen LogP contribution in [-0.2, 0) is 20.9 Å². The van der Waals surface area contributed by atoms with Gasteiger partial charge in [0.05, 0.1) is 20.3 Å². The molecule has 1 heterocycles. The molecule has 3 rings (SSSR count). The third kappa shape index (κ3) is 4.75. The molecule has 0 atom stereocenters. The quantitative estimate of drug-likeness (QED) is 0.649. The topological polar surface area (TPSA) is 55.8 Å². The Bertz CT molecular complexity index is 862. The first-order valence-electron chi connectivity index (χ1n) is 9.18. The molecule has 2 aromatic carbocycles. The highest BCUT2D eigenvalue weighted by Gasteiger charge is 2.32. The van der Waals surface area contributed by atoms with Gasteiger partial charge in [0.25, 0.3) is 0 Å². The maximum atomic E-state index is 12.7. The first-order chi connectivity index (χ1) is 13.6. The summed E-state index contributed by atoms with van der Waals surface area (Å²) in [6, 6.07) is 17.3. The lowest BCUT2D eigenvalue weighted by atomic mass is 10.1. The van der Waals surface area contributed by atoms with Crippen molar-refractivity contribution in [2.45, 2.75) is 31.2 Å². The van der Waals surface area contributed by atoms with E-state index in [1.54, 1.807) is 18.9 Å². The number of thioether (sulfide) groups is 1. The smallest absolute Gasteiger partial charge is 0.355 e. The van der Waals surface area contributed by atoms with E-state index in [1.807, 2.05) is 54.6 Å². The van der Waals surface area contributed by atoms with Gasteiger partial charge in [-0.25, -0.2) is 4.79 Å². The summed E-state index contributed by atoms with van der Waals surface area (Å²) < 4.78 is 10.5.